The zero-order valence-electron chi connectivity index (χ0n) is 14.6. The number of carbonyl (C=O) groups excluding carboxylic acids is 1. The molecule has 6 nitrogen and oxygen atoms in total. The van der Waals surface area contributed by atoms with Gasteiger partial charge in [0.2, 0.25) is 5.91 Å². The fraction of sp³-hybridized carbons (Fsp3) is 0.444. The maximum atomic E-state index is 12.2. The molecule has 0 unspecified atom stereocenters. The number of aryl methyl sites for hydroxylation is 3. The van der Waals surface area contributed by atoms with Crippen LogP contribution in [-0.4, -0.2) is 53.7 Å². The summed E-state index contributed by atoms with van der Waals surface area (Å²) in [6.07, 6.45) is 0. The summed E-state index contributed by atoms with van der Waals surface area (Å²) in [5.41, 5.74) is 5.37. The minimum Gasteiger partial charge on any atom is -0.366 e. The summed E-state index contributed by atoms with van der Waals surface area (Å²) in [5, 5.41) is 10.3. The summed E-state index contributed by atoms with van der Waals surface area (Å²) in [6, 6.07) is 7.89. The highest BCUT2D eigenvalue weighted by Gasteiger charge is 2.22. The number of nitrogens with one attached hydrogen (secondary N) is 2. The molecule has 0 atom stereocenters. The Labute approximate surface area is 142 Å². The first-order valence-corrected chi connectivity index (χ1v) is 8.38. The molecule has 2 N–H and O–H groups in total. The molecule has 1 amide bonds. The van der Waals surface area contributed by atoms with Gasteiger partial charge in [0.15, 0.2) is 0 Å². The molecule has 2 heterocycles. The predicted molar refractivity (Wildman–Crippen MR) is 96.5 cm³/mol. The number of hydrogen-bond donors (Lipinski definition) is 2. The molecule has 0 radical (unpaired) electrons. The van der Waals surface area contributed by atoms with Crippen molar-refractivity contribution in [2.24, 2.45) is 0 Å². The quantitative estimate of drug-likeness (QED) is 0.903. The molecule has 1 aliphatic rings. The van der Waals surface area contributed by atoms with Crippen LogP contribution < -0.4 is 10.2 Å². The zero-order chi connectivity index (χ0) is 17.1. The minimum atomic E-state index is 0.0460. The van der Waals surface area contributed by atoms with Crippen LogP contribution in [0.5, 0.6) is 0 Å². The van der Waals surface area contributed by atoms with Gasteiger partial charge >= 0.3 is 0 Å². The lowest BCUT2D eigenvalue weighted by Gasteiger charge is -2.35. The van der Waals surface area contributed by atoms with Crippen molar-refractivity contribution in [3.63, 3.8) is 0 Å². The van der Waals surface area contributed by atoms with Crippen LogP contribution in [0.2, 0.25) is 0 Å². The lowest BCUT2D eigenvalue weighted by atomic mass is 10.2. The van der Waals surface area contributed by atoms with Gasteiger partial charge in [-0.3, -0.25) is 14.8 Å². The molecule has 1 aromatic heterocycles. The molecule has 1 saturated heterocycles. The molecular weight excluding hydrogens is 302 g/mol. The Kier molecular flexibility index (Phi) is 4.85. The van der Waals surface area contributed by atoms with Gasteiger partial charge in [-0.15, -0.1) is 0 Å². The van der Waals surface area contributed by atoms with E-state index in [2.05, 4.69) is 32.2 Å². The van der Waals surface area contributed by atoms with Crippen LogP contribution in [0.1, 0.15) is 17.0 Å². The number of aromatic amines is 1. The summed E-state index contributed by atoms with van der Waals surface area (Å²) in [7, 11) is 0. The standard InChI is InChI=1S/C18H25N5O/c1-13-5-4-6-16(11-13)19-17(24)12-22-7-9-23(10-8-22)18-14(2)20-21-15(18)3/h4-6,11H,7-10,12H2,1-3H3,(H,19,24)(H,20,21). The van der Waals surface area contributed by atoms with Crippen LogP contribution in [0.3, 0.4) is 0 Å². The molecule has 0 saturated carbocycles. The fourth-order valence-electron chi connectivity index (χ4n) is 3.27. The minimum absolute atomic E-state index is 0.0460. The number of anilines is 2. The van der Waals surface area contributed by atoms with Gasteiger partial charge in [-0.1, -0.05) is 12.1 Å². The topological polar surface area (TPSA) is 64.3 Å². The second kappa shape index (κ2) is 7.05. The fourth-order valence-corrected chi connectivity index (χ4v) is 3.27. The second-order valence-corrected chi connectivity index (χ2v) is 6.46. The number of carbonyl (C=O) groups is 1. The van der Waals surface area contributed by atoms with Crippen LogP contribution in [0, 0.1) is 20.8 Å². The molecule has 128 valence electrons. The van der Waals surface area contributed by atoms with E-state index in [0.29, 0.717) is 6.54 Å². The van der Waals surface area contributed by atoms with Crippen molar-refractivity contribution in [1.29, 1.82) is 0 Å². The van der Waals surface area contributed by atoms with E-state index in [9.17, 15) is 4.79 Å². The van der Waals surface area contributed by atoms with Gasteiger partial charge in [0.05, 0.1) is 23.6 Å². The Bertz CT molecular complexity index is 696. The number of H-pyrrole nitrogens is 1. The SMILES string of the molecule is Cc1cccc(NC(=O)CN2CCN(c3c(C)n[nH]c3C)CC2)c1. The van der Waals surface area contributed by atoms with Crippen molar-refractivity contribution < 1.29 is 4.79 Å². The van der Waals surface area contributed by atoms with Crippen molar-refractivity contribution in [3.8, 4) is 0 Å². The Morgan fingerprint density at radius 3 is 2.58 bits per heavy atom. The third-order valence-corrected chi connectivity index (χ3v) is 4.45. The number of hydrogen-bond acceptors (Lipinski definition) is 4. The zero-order valence-corrected chi connectivity index (χ0v) is 14.6. The molecule has 6 heteroatoms. The highest BCUT2D eigenvalue weighted by atomic mass is 16.2. The summed E-state index contributed by atoms with van der Waals surface area (Å²) in [4.78, 5) is 16.8. The first-order valence-electron chi connectivity index (χ1n) is 8.38. The van der Waals surface area contributed by atoms with Crippen LogP contribution in [-0.2, 0) is 4.79 Å². The van der Waals surface area contributed by atoms with Crippen molar-refractivity contribution in [2.75, 3.05) is 42.9 Å². The molecule has 1 fully saturated rings. The molecule has 1 aromatic carbocycles. The van der Waals surface area contributed by atoms with Crippen molar-refractivity contribution in [1.82, 2.24) is 15.1 Å². The molecule has 0 bridgehead atoms. The van der Waals surface area contributed by atoms with E-state index in [0.717, 1.165) is 48.8 Å². The highest BCUT2D eigenvalue weighted by Crippen LogP contribution is 2.23. The average Bonchev–Trinajstić information content (AvgIpc) is 2.87. The normalized spacial score (nSPS) is 15.5. The summed E-state index contributed by atoms with van der Waals surface area (Å²) in [6.45, 7) is 10.1. The largest absolute Gasteiger partial charge is 0.366 e. The molecule has 1 aliphatic heterocycles. The maximum absolute atomic E-state index is 12.2. The lowest BCUT2D eigenvalue weighted by Crippen LogP contribution is -2.49. The van der Waals surface area contributed by atoms with E-state index in [1.54, 1.807) is 0 Å². The third-order valence-electron chi connectivity index (χ3n) is 4.45. The summed E-state index contributed by atoms with van der Waals surface area (Å²) >= 11 is 0. The van der Waals surface area contributed by atoms with Crippen molar-refractivity contribution in [2.45, 2.75) is 20.8 Å². The number of benzene rings is 1. The number of rotatable bonds is 4. The van der Waals surface area contributed by atoms with Crippen molar-refractivity contribution >= 4 is 17.3 Å². The second-order valence-electron chi connectivity index (χ2n) is 6.46. The van der Waals surface area contributed by atoms with Gasteiger partial charge in [0.25, 0.3) is 0 Å². The van der Waals surface area contributed by atoms with E-state index in [4.69, 9.17) is 0 Å². The first-order chi connectivity index (χ1) is 11.5. The van der Waals surface area contributed by atoms with E-state index in [1.807, 2.05) is 38.1 Å². The lowest BCUT2D eigenvalue weighted by molar-refractivity contribution is -0.117. The number of aromatic nitrogens is 2. The van der Waals surface area contributed by atoms with Crippen molar-refractivity contribution in [3.05, 3.63) is 41.2 Å². The number of nitrogens with zero attached hydrogens (tertiary/aromatic N) is 3. The monoisotopic (exact) mass is 327 g/mol. The average molecular weight is 327 g/mol. The van der Waals surface area contributed by atoms with Gasteiger partial charge in [-0.25, -0.2) is 0 Å². The maximum Gasteiger partial charge on any atom is 0.238 e. The van der Waals surface area contributed by atoms with Gasteiger partial charge in [-0.05, 0) is 38.5 Å². The van der Waals surface area contributed by atoms with Crippen LogP contribution in [0.25, 0.3) is 0 Å². The van der Waals surface area contributed by atoms with Gasteiger partial charge in [0, 0.05) is 31.9 Å². The Morgan fingerprint density at radius 2 is 1.96 bits per heavy atom. The third kappa shape index (κ3) is 3.76. The van der Waals surface area contributed by atoms with Crippen LogP contribution in [0.15, 0.2) is 24.3 Å². The van der Waals surface area contributed by atoms with Crippen LogP contribution in [0.4, 0.5) is 11.4 Å². The predicted octanol–water partition coefficient (Wildman–Crippen LogP) is 2.10. The van der Waals surface area contributed by atoms with E-state index >= 15 is 0 Å². The molecule has 24 heavy (non-hydrogen) atoms. The van der Waals surface area contributed by atoms with E-state index in [1.165, 1.54) is 5.69 Å². The molecular formula is C18H25N5O. The van der Waals surface area contributed by atoms with E-state index < -0.39 is 0 Å². The highest BCUT2D eigenvalue weighted by molar-refractivity contribution is 5.92. The summed E-state index contributed by atoms with van der Waals surface area (Å²) < 4.78 is 0. The van der Waals surface area contributed by atoms with Gasteiger partial charge < -0.3 is 10.2 Å². The molecule has 0 spiro atoms. The van der Waals surface area contributed by atoms with Gasteiger partial charge in [-0.2, -0.15) is 5.10 Å². The van der Waals surface area contributed by atoms with Crippen LogP contribution >= 0.6 is 0 Å². The number of amides is 1. The van der Waals surface area contributed by atoms with E-state index in [-0.39, 0.29) is 5.91 Å². The molecule has 2 aromatic rings. The number of piperazine rings is 1. The molecule has 0 aliphatic carbocycles. The summed E-state index contributed by atoms with van der Waals surface area (Å²) in [5.74, 6) is 0.0460. The smallest absolute Gasteiger partial charge is 0.238 e. The Balaban J connectivity index is 1.51. The Morgan fingerprint density at radius 1 is 1.21 bits per heavy atom. The van der Waals surface area contributed by atoms with Gasteiger partial charge in [0.1, 0.15) is 0 Å². The molecule has 3 rings (SSSR count). The first kappa shape index (κ1) is 16.5. The Hall–Kier alpha value is -2.34.